The van der Waals surface area contributed by atoms with Crippen LogP contribution in [0.5, 0.6) is 0 Å². The number of carbonyl (C=O) groups is 2. The van der Waals surface area contributed by atoms with E-state index in [9.17, 15) is 9.59 Å². The summed E-state index contributed by atoms with van der Waals surface area (Å²) in [6, 6.07) is 2.74. The zero-order chi connectivity index (χ0) is 13.5. The molecule has 0 aliphatic carbocycles. The van der Waals surface area contributed by atoms with Crippen LogP contribution in [0.3, 0.4) is 0 Å². The van der Waals surface area contributed by atoms with Gasteiger partial charge in [0.1, 0.15) is 0 Å². The molecule has 98 valence electrons. The van der Waals surface area contributed by atoms with Gasteiger partial charge in [-0.25, -0.2) is 0 Å². The number of aromatic nitrogens is 1. The predicted octanol–water partition coefficient (Wildman–Crippen LogP) is 0.0622. The normalized spacial score (nSPS) is 11.9. The highest BCUT2D eigenvalue weighted by molar-refractivity contribution is 5.85. The molecule has 1 rings (SSSR count). The summed E-state index contributed by atoms with van der Waals surface area (Å²) in [7, 11) is 0. The second-order valence-electron chi connectivity index (χ2n) is 3.88. The lowest BCUT2D eigenvalue weighted by molar-refractivity contribution is -0.139. The second kappa shape index (κ2) is 6.70. The molecule has 0 spiro atoms. The third-order valence-corrected chi connectivity index (χ3v) is 2.53. The lowest BCUT2D eigenvalue weighted by Crippen LogP contribution is -2.41. The molecule has 0 fully saturated rings. The molecule has 1 aromatic rings. The Kier molecular flexibility index (Phi) is 5.26. The summed E-state index contributed by atoms with van der Waals surface area (Å²) >= 11 is 0. The van der Waals surface area contributed by atoms with Gasteiger partial charge in [-0.05, 0) is 18.1 Å². The lowest BCUT2D eigenvalue weighted by Gasteiger charge is -2.11. The van der Waals surface area contributed by atoms with E-state index in [1.54, 1.807) is 6.20 Å². The molecule has 0 radical (unpaired) electrons. The zero-order valence-electron chi connectivity index (χ0n) is 10.2. The molecule has 0 aliphatic heterocycles. The predicted molar refractivity (Wildman–Crippen MR) is 65.7 cm³/mol. The van der Waals surface area contributed by atoms with Crippen molar-refractivity contribution in [1.29, 1.82) is 0 Å². The minimum atomic E-state index is -1.09. The van der Waals surface area contributed by atoms with Gasteiger partial charge in [-0.3, -0.25) is 14.6 Å². The van der Waals surface area contributed by atoms with Crippen LogP contribution in [0.1, 0.15) is 24.6 Å². The summed E-state index contributed by atoms with van der Waals surface area (Å²) in [6.45, 7) is 2.26. The summed E-state index contributed by atoms with van der Waals surface area (Å²) in [4.78, 5) is 26.1. The van der Waals surface area contributed by atoms with Gasteiger partial charge in [0.25, 0.3) is 0 Å². The first kappa shape index (κ1) is 14.1. The SMILES string of the molecule is CCc1cccnc1CNC(=O)C(N)CC(=O)O. The van der Waals surface area contributed by atoms with Crippen LogP contribution in [0.2, 0.25) is 0 Å². The number of nitrogens with one attached hydrogen (secondary N) is 1. The number of rotatable bonds is 6. The van der Waals surface area contributed by atoms with E-state index >= 15 is 0 Å². The van der Waals surface area contributed by atoms with Crippen LogP contribution < -0.4 is 11.1 Å². The minimum absolute atomic E-state index is 0.260. The van der Waals surface area contributed by atoms with Crippen LogP contribution in [-0.2, 0) is 22.6 Å². The van der Waals surface area contributed by atoms with Gasteiger partial charge < -0.3 is 16.2 Å². The number of amides is 1. The van der Waals surface area contributed by atoms with Gasteiger partial charge >= 0.3 is 5.97 Å². The molecule has 0 bridgehead atoms. The molecule has 1 unspecified atom stereocenters. The molecular formula is C12H17N3O3. The molecule has 18 heavy (non-hydrogen) atoms. The first-order chi connectivity index (χ1) is 8.54. The highest BCUT2D eigenvalue weighted by Crippen LogP contribution is 2.05. The Hall–Kier alpha value is -1.95. The second-order valence-corrected chi connectivity index (χ2v) is 3.88. The van der Waals surface area contributed by atoms with Crippen LogP contribution in [0.25, 0.3) is 0 Å². The maximum Gasteiger partial charge on any atom is 0.305 e. The van der Waals surface area contributed by atoms with Crippen LogP contribution >= 0.6 is 0 Å². The fraction of sp³-hybridized carbons (Fsp3) is 0.417. The third kappa shape index (κ3) is 4.14. The molecule has 6 nitrogen and oxygen atoms in total. The Morgan fingerprint density at radius 3 is 2.89 bits per heavy atom. The van der Waals surface area contributed by atoms with Crippen LogP contribution in [0.4, 0.5) is 0 Å². The van der Waals surface area contributed by atoms with Crippen molar-refractivity contribution in [3.05, 3.63) is 29.6 Å². The Morgan fingerprint density at radius 2 is 2.28 bits per heavy atom. The number of nitrogens with zero attached hydrogens (tertiary/aromatic N) is 1. The maximum atomic E-state index is 11.5. The number of aryl methyl sites for hydroxylation is 1. The molecule has 1 aromatic heterocycles. The van der Waals surface area contributed by atoms with Crippen LogP contribution in [-0.4, -0.2) is 28.0 Å². The minimum Gasteiger partial charge on any atom is -0.481 e. The van der Waals surface area contributed by atoms with Gasteiger partial charge in [0.05, 0.1) is 24.7 Å². The topological polar surface area (TPSA) is 105 Å². The Morgan fingerprint density at radius 1 is 1.56 bits per heavy atom. The van der Waals surface area contributed by atoms with Gasteiger partial charge in [-0.15, -0.1) is 0 Å². The Labute approximate surface area is 105 Å². The first-order valence-corrected chi connectivity index (χ1v) is 5.72. The number of hydrogen-bond donors (Lipinski definition) is 3. The van der Waals surface area contributed by atoms with Crippen molar-refractivity contribution < 1.29 is 14.7 Å². The van der Waals surface area contributed by atoms with Crippen LogP contribution in [0, 0.1) is 0 Å². The fourth-order valence-electron chi connectivity index (χ4n) is 1.54. The summed E-state index contributed by atoms with van der Waals surface area (Å²) in [5.74, 6) is -1.57. The van der Waals surface area contributed by atoms with E-state index in [2.05, 4.69) is 10.3 Å². The molecule has 0 aliphatic rings. The number of carbonyl (C=O) groups excluding carboxylic acids is 1. The number of aliphatic carboxylic acids is 1. The van der Waals surface area contributed by atoms with Crippen molar-refractivity contribution in [3.8, 4) is 0 Å². The molecular weight excluding hydrogens is 234 g/mol. The fourth-order valence-corrected chi connectivity index (χ4v) is 1.54. The molecule has 0 saturated heterocycles. The number of nitrogens with two attached hydrogens (primary N) is 1. The molecule has 1 atom stereocenters. The molecule has 0 aromatic carbocycles. The van der Waals surface area contributed by atoms with Crippen molar-refractivity contribution >= 4 is 11.9 Å². The van der Waals surface area contributed by atoms with Gasteiger partial charge in [0, 0.05) is 6.20 Å². The number of carboxylic acids is 1. The van der Waals surface area contributed by atoms with Crippen molar-refractivity contribution in [1.82, 2.24) is 10.3 Å². The summed E-state index contributed by atoms with van der Waals surface area (Å²) < 4.78 is 0. The standard InChI is InChI=1S/C12H17N3O3/c1-2-8-4-3-5-14-10(8)7-15-12(18)9(13)6-11(16)17/h3-5,9H,2,6-7,13H2,1H3,(H,15,18)(H,16,17). The van der Waals surface area contributed by atoms with E-state index in [4.69, 9.17) is 10.8 Å². The van der Waals surface area contributed by atoms with E-state index in [-0.39, 0.29) is 13.0 Å². The largest absolute Gasteiger partial charge is 0.481 e. The van der Waals surface area contributed by atoms with Crippen molar-refractivity contribution in [2.75, 3.05) is 0 Å². The average molecular weight is 251 g/mol. The molecule has 6 heteroatoms. The summed E-state index contributed by atoms with van der Waals surface area (Å²) in [5.41, 5.74) is 7.26. The lowest BCUT2D eigenvalue weighted by atomic mass is 10.1. The monoisotopic (exact) mass is 251 g/mol. The van der Waals surface area contributed by atoms with Crippen molar-refractivity contribution in [2.24, 2.45) is 5.73 Å². The zero-order valence-corrected chi connectivity index (χ0v) is 10.2. The van der Waals surface area contributed by atoms with E-state index in [0.717, 1.165) is 17.7 Å². The van der Waals surface area contributed by atoms with E-state index in [0.29, 0.717) is 0 Å². The molecule has 0 saturated carbocycles. The van der Waals surface area contributed by atoms with Gasteiger partial charge in [0.2, 0.25) is 5.91 Å². The van der Waals surface area contributed by atoms with E-state index < -0.39 is 17.9 Å². The highest BCUT2D eigenvalue weighted by Gasteiger charge is 2.16. The smallest absolute Gasteiger partial charge is 0.305 e. The Bertz CT molecular complexity index is 434. The highest BCUT2D eigenvalue weighted by atomic mass is 16.4. The van der Waals surface area contributed by atoms with E-state index in [1.165, 1.54) is 0 Å². The molecule has 1 heterocycles. The number of hydrogen-bond acceptors (Lipinski definition) is 4. The number of carboxylic acid groups (broad SMARTS) is 1. The summed E-state index contributed by atoms with van der Waals surface area (Å²) in [6.07, 6.45) is 2.09. The summed E-state index contributed by atoms with van der Waals surface area (Å²) in [5, 5.41) is 11.1. The van der Waals surface area contributed by atoms with E-state index in [1.807, 2.05) is 19.1 Å². The quantitative estimate of drug-likeness (QED) is 0.663. The first-order valence-electron chi connectivity index (χ1n) is 5.72. The maximum absolute atomic E-state index is 11.5. The van der Waals surface area contributed by atoms with Crippen molar-refractivity contribution in [3.63, 3.8) is 0 Å². The van der Waals surface area contributed by atoms with Gasteiger partial charge in [0.15, 0.2) is 0 Å². The molecule has 4 N–H and O–H groups in total. The molecule has 1 amide bonds. The van der Waals surface area contributed by atoms with Crippen LogP contribution in [0.15, 0.2) is 18.3 Å². The number of pyridine rings is 1. The van der Waals surface area contributed by atoms with Crippen molar-refractivity contribution in [2.45, 2.75) is 32.4 Å². The average Bonchev–Trinajstić information content (AvgIpc) is 2.35. The van der Waals surface area contributed by atoms with Gasteiger partial charge in [-0.1, -0.05) is 13.0 Å². The Balaban J connectivity index is 2.54. The third-order valence-electron chi connectivity index (χ3n) is 2.53. The van der Waals surface area contributed by atoms with Gasteiger partial charge in [-0.2, -0.15) is 0 Å².